The highest BCUT2D eigenvalue weighted by Gasteiger charge is 2.28. The van der Waals surface area contributed by atoms with Crippen LogP contribution in [0.15, 0.2) is 48.2 Å². The topological polar surface area (TPSA) is 40.5 Å². The van der Waals surface area contributed by atoms with Gasteiger partial charge in [0.1, 0.15) is 0 Å². The highest BCUT2D eigenvalue weighted by Crippen LogP contribution is 2.36. The number of hydrogen-bond donors (Lipinski definition) is 1. The van der Waals surface area contributed by atoms with Crippen LogP contribution in [0.3, 0.4) is 0 Å². The maximum Gasteiger partial charge on any atom is 0.337 e. The first-order valence-electron chi connectivity index (χ1n) is 6.74. The Kier molecular flexibility index (Phi) is 3.11. The first kappa shape index (κ1) is 12.0. The van der Waals surface area contributed by atoms with E-state index < -0.39 is 5.97 Å². The molecule has 1 aromatic carbocycles. The normalized spacial score (nSPS) is 21.8. The summed E-state index contributed by atoms with van der Waals surface area (Å²) < 4.78 is 0. The summed E-state index contributed by atoms with van der Waals surface area (Å²) in [4.78, 5) is 13.5. The first-order valence-corrected chi connectivity index (χ1v) is 6.74. The molecule has 19 heavy (non-hydrogen) atoms. The van der Waals surface area contributed by atoms with Crippen molar-refractivity contribution in [3.8, 4) is 0 Å². The van der Waals surface area contributed by atoms with Crippen molar-refractivity contribution in [2.45, 2.75) is 19.3 Å². The number of allylic oxidation sites excluding steroid dienone is 4. The average molecular weight is 255 g/mol. The molecule has 1 saturated heterocycles. The average Bonchev–Trinajstić information content (AvgIpc) is 2.46. The summed E-state index contributed by atoms with van der Waals surface area (Å²) in [5, 5.41) is 9.33. The van der Waals surface area contributed by atoms with Gasteiger partial charge in [0.05, 0.1) is 11.3 Å². The van der Waals surface area contributed by atoms with Crippen LogP contribution in [0.1, 0.15) is 29.6 Å². The molecule has 1 fully saturated rings. The molecule has 0 spiro atoms. The Morgan fingerprint density at radius 3 is 3.00 bits per heavy atom. The minimum absolute atomic E-state index is 0.388. The maximum atomic E-state index is 11.4. The predicted molar refractivity (Wildman–Crippen MR) is 75.3 cm³/mol. The molecule has 3 nitrogen and oxygen atoms in total. The summed E-state index contributed by atoms with van der Waals surface area (Å²) in [6.45, 7) is 0.903. The van der Waals surface area contributed by atoms with Crippen LogP contribution >= 0.6 is 0 Å². The van der Waals surface area contributed by atoms with Gasteiger partial charge in [-0.25, -0.2) is 4.79 Å². The molecule has 1 aromatic rings. The molecule has 3 rings (SSSR count). The summed E-state index contributed by atoms with van der Waals surface area (Å²) in [6.07, 6.45) is 9.78. The molecule has 0 radical (unpaired) electrons. The molecule has 0 amide bonds. The smallest absolute Gasteiger partial charge is 0.337 e. The van der Waals surface area contributed by atoms with Crippen molar-refractivity contribution in [3.63, 3.8) is 0 Å². The molecule has 0 bridgehead atoms. The highest BCUT2D eigenvalue weighted by atomic mass is 16.4. The second-order valence-electron chi connectivity index (χ2n) is 5.07. The number of aromatic carboxylic acids is 1. The molecule has 1 aliphatic carbocycles. The van der Waals surface area contributed by atoms with Gasteiger partial charge in [-0.2, -0.15) is 0 Å². The van der Waals surface area contributed by atoms with Crippen LogP contribution in [0.2, 0.25) is 0 Å². The van der Waals surface area contributed by atoms with E-state index >= 15 is 0 Å². The first-order chi connectivity index (χ1) is 9.27. The SMILES string of the molecule is O=C(O)c1ccccc1N1CCCC2CC=CC=C21. The lowest BCUT2D eigenvalue weighted by Gasteiger charge is -2.38. The number of benzene rings is 1. The summed E-state index contributed by atoms with van der Waals surface area (Å²) >= 11 is 0. The molecule has 1 heterocycles. The van der Waals surface area contributed by atoms with Crippen LogP contribution in [0.25, 0.3) is 0 Å². The quantitative estimate of drug-likeness (QED) is 0.880. The van der Waals surface area contributed by atoms with Crippen LogP contribution in [0.5, 0.6) is 0 Å². The third-order valence-electron chi connectivity index (χ3n) is 3.91. The summed E-state index contributed by atoms with van der Waals surface area (Å²) in [7, 11) is 0. The molecular formula is C16H17NO2. The largest absolute Gasteiger partial charge is 0.478 e. The third-order valence-corrected chi connectivity index (χ3v) is 3.91. The van der Waals surface area contributed by atoms with Crippen LogP contribution in [0, 0.1) is 5.92 Å². The van der Waals surface area contributed by atoms with Gasteiger partial charge >= 0.3 is 5.97 Å². The van der Waals surface area contributed by atoms with E-state index in [1.54, 1.807) is 12.1 Å². The van der Waals surface area contributed by atoms with Gasteiger partial charge in [0.15, 0.2) is 0 Å². The second-order valence-corrected chi connectivity index (χ2v) is 5.07. The fourth-order valence-electron chi connectivity index (χ4n) is 3.02. The number of para-hydroxylation sites is 1. The zero-order valence-corrected chi connectivity index (χ0v) is 10.7. The van der Waals surface area contributed by atoms with E-state index in [2.05, 4.69) is 23.1 Å². The summed E-state index contributed by atoms with van der Waals surface area (Å²) in [6, 6.07) is 7.28. The zero-order valence-electron chi connectivity index (χ0n) is 10.7. The molecule has 1 unspecified atom stereocenters. The fraction of sp³-hybridized carbons (Fsp3) is 0.312. The van der Waals surface area contributed by atoms with Crippen LogP contribution in [0.4, 0.5) is 5.69 Å². The molecule has 2 aliphatic rings. The van der Waals surface area contributed by atoms with Crippen molar-refractivity contribution in [1.82, 2.24) is 0 Å². The standard InChI is InChI=1S/C16H17NO2/c18-16(19)13-8-2-4-10-15(13)17-11-5-7-12-6-1-3-9-14(12)17/h1-4,8-10,12H,5-7,11H2,(H,18,19). The highest BCUT2D eigenvalue weighted by molar-refractivity contribution is 5.95. The fourth-order valence-corrected chi connectivity index (χ4v) is 3.02. The lowest BCUT2D eigenvalue weighted by molar-refractivity contribution is 0.0697. The van der Waals surface area contributed by atoms with Crippen LogP contribution in [-0.4, -0.2) is 17.6 Å². The van der Waals surface area contributed by atoms with Gasteiger partial charge in [-0.05, 0) is 37.5 Å². The van der Waals surface area contributed by atoms with Gasteiger partial charge < -0.3 is 10.0 Å². The molecule has 1 aliphatic heterocycles. The van der Waals surface area contributed by atoms with Gasteiger partial charge in [0.25, 0.3) is 0 Å². The number of carboxylic acids is 1. The molecule has 0 saturated carbocycles. The molecule has 3 heteroatoms. The molecule has 1 atom stereocenters. The van der Waals surface area contributed by atoms with Crippen molar-refractivity contribution < 1.29 is 9.90 Å². The number of hydrogen-bond acceptors (Lipinski definition) is 2. The van der Waals surface area contributed by atoms with E-state index in [-0.39, 0.29) is 0 Å². The van der Waals surface area contributed by atoms with Crippen LogP contribution in [-0.2, 0) is 0 Å². The number of nitrogens with zero attached hydrogens (tertiary/aromatic N) is 1. The Balaban J connectivity index is 2.03. The van der Waals surface area contributed by atoms with E-state index in [1.807, 2.05) is 12.1 Å². The Bertz CT molecular complexity index is 560. The third kappa shape index (κ3) is 2.16. The zero-order chi connectivity index (χ0) is 13.2. The molecule has 1 N–H and O–H groups in total. The van der Waals surface area contributed by atoms with Crippen molar-refractivity contribution in [2.24, 2.45) is 5.92 Å². The lowest BCUT2D eigenvalue weighted by atomic mass is 9.87. The number of carbonyl (C=O) groups is 1. The molecule has 98 valence electrons. The minimum atomic E-state index is -0.857. The van der Waals surface area contributed by atoms with Gasteiger partial charge in [-0.1, -0.05) is 24.3 Å². The van der Waals surface area contributed by atoms with Gasteiger partial charge in [0.2, 0.25) is 0 Å². The van der Waals surface area contributed by atoms with E-state index in [1.165, 1.54) is 12.1 Å². The number of rotatable bonds is 2. The second kappa shape index (κ2) is 4.92. The molecular weight excluding hydrogens is 238 g/mol. The van der Waals surface area contributed by atoms with Gasteiger partial charge in [0, 0.05) is 18.2 Å². The summed E-state index contributed by atoms with van der Waals surface area (Å²) in [5.41, 5.74) is 2.47. The van der Waals surface area contributed by atoms with Crippen LogP contribution < -0.4 is 4.90 Å². The number of anilines is 1. The van der Waals surface area contributed by atoms with E-state index in [0.717, 1.165) is 25.1 Å². The van der Waals surface area contributed by atoms with Crippen molar-refractivity contribution in [3.05, 3.63) is 53.8 Å². The summed E-state index contributed by atoms with van der Waals surface area (Å²) in [5.74, 6) is -0.315. The Hall–Kier alpha value is -2.03. The lowest BCUT2D eigenvalue weighted by Crippen LogP contribution is -2.34. The monoisotopic (exact) mass is 255 g/mol. The Morgan fingerprint density at radius 2 is 2.16 bits per heavy atom. The molecule has 0 aromatic heterocycles. The number of carboxylic acid groups (broad SMARTS) is 1. The van der Waals surface area contributed by atoms with E-state index in [4.69, 9.17) is 0 Å². The number of piperidine rings is 1. The van der Waals surface area contributed by atoms with E-state index in [9.17, 15) is 9.90 Å². The Morgan fingerprint density at radius 1 is 1.32 bits per heavy atom. The van der Waals surface area contributed by atoms with E-state index in [0.29, 0.717) is 11.5 Å². The minimum Gasteiger partial charge on any atom is -0.478 e. The maximum absolute atomic E-state index is 11.4. The van der Waals surface area contributed by atoms with Crippen molar-refractivity contribution in [2.75, 3.05) is 11.4 Å². The van der Waals surface area contributed by atoms with Gasteiger partial charge in [-0.15, -0.1) is 0 Å². The van der Waals surface area contributed by atoms with Crippen molar-refractivity contribution >= 4 is 11.7 Å². The number of fused-ring (bicyclic) bond motifs is 1. The van der Waals surface area contributed by atoms with Crippen molar-refractivity contribution in [1.29, 1.82) is 0 Å². The van der Waals surface area contributed by atoms with Gasteiger partial charge in [-0.3, -0.25) is 0 Å². The Labute approximate surface area is 112 Å². The predicted octanol–water partition coefficient (Wildman–Crippen LogP) is 3.45.